The van der Waals surface area contributed by atoms with E-state index in [0.29, 0.717) is 31.1 Å². The second-order valence-corrected chi connectivity index (χ2v) is 9.52. The van der Waals surface area contributed by atoms with Gasteiger partial charge in [0.05, 0.1) is 24.8 Å². The third kappa shape index (κ3) is 7.16. The van der Waals surface area contributed by atoms with Crippen molar-refractivity contribution in [2.45, 2.75) is 59.4 Å². The van der Waals surface area contributed by atoms with Crippen LogP contribution in [0.15, 0.2) is 54.1 Å². The van der Waals surface area contributed by atoms with Crippen molar-refractivity contribution in [2.24, 2.45) is 0 Å². The van der Waals surface area contributed by atoms with Crippen LogP contribution in [0.25, 0.3) is 5.76 Å². The Kier molecular flexibility index (Phi) is 11.2. The van der Waals surface area contributed by atoms with E-state index in [-0.39, 0.29) is 11.3 Å². The summed E-state index contributed by atoms with van der Waals surface area (Å²) in [6.45, 7) is 12.6. The van der Waals surface area contributed by atoms with Gasteiger partial charge in [-0.3, -0.25) is 9.59 Å². The zero-order valence-corrected chi connectivity index (χ0v) is 23.2. The molecule has 2 aromatic carbocycles. The number of ketones is 1. The fourth-order valence-electron chi connectivity index (χ4n) is 4.65. The molecule has 1 N–H and O–H groups in total. The van der Waals surface area contributed by atoms with E-state index in [9.17, 15) is 14.7 Å². The normalized spacial score (nSPS) is 16.9. The molecule has 7 nitrogen and oxygen atoms in total. The van der Waals surface area contributed by atoms with Crippen molar-refractivity contribution in [3.63, 3.8) is 0 Å². The van der Waals surface area contributed by atoms with Crippen molar-refractivity contribution in [3.05, 3.63) is 65.2 Å². The number of nitrogens with zero attached hydrogens (tertiary/aromatic N) is 2. The monoisotopic (exact) mass is 522 g/mol. The van der Waals surface area contributed by atoms with Crippen LogP contribution in [0.5, 0.6) is 11.5 Å². The van der Waals surface area contributed by atoms with Crippen LogP contribution in [0.3, 0.4) is 0 Å². The Hall–Kier alpha value is -3.32. The second-order valence-electron chi connectivity index (χ2n) is 9.52. The number of hydrogen-bond acceptors (Lipinski definition) is 6. The smallest absolute Gasteiger partial charge is 0.295 e. The van der Waals surface area contributed by atoms with E-state index in [1.807, 2.05) is 37.3 Å². The molecule has 1 fully saturated rings. The molecule has 3 rings (SSSR count). The van der Waals surface area contributed by atoms with E-state index in [4.69, 9.17) is 9.47 Å². The Labute approximate surface area is 227 Å². The highest BCUT2D eigenvalue weighted by molar-refractivity contribution is 6.46. The number of unbranched alkanes of at least 4 members (excludes halogenated alkanes) is 1. The van der Waals surface area contributed by atoms with Crippen molar-refractivity contribution in [1.82, 2.24) is 9.80 Å². The first-order valence-electron chi connectivity index (χ1n) is 13.9. The molecule has 1 unspecified atom stereocenters. The lowest BCUT2D eigenvalue weighted by Gasteiger charge is -2.27. The van der Waals surface area contributed by atoms with Gasteiger partial charge in [-0.1, -0.05) is 58.4 Å². The number of likely N-dealkylation sites (tertiary alicyclic amines) is 1. The highest BCUT2D eigenvalue weighted by Gasteiger charge is 2.45. The molecule has 7 heteroatoms. The van der Waals surface area contributed by atoms with Gasteiger partial charge in [-0.25, -0.2) is 0 Å². The highest BCUT2D eigenvalue weighted by Crippen LogP contribution is 2.40. The summed E-state index contributed by atoms with van der Waals surface area (Å²) >= 11 is 0. The first-order valence-corrected chi connectivity index (χ1v) is 13.9. The van der Waals surface area contributed by atoms with Gasteiger partial charge in [0.2, 0.25) is 0 Å². The molecule has 1 aliphatic rings. The van der Waals surface area contributed by atoms with Crippen LogP contribution in [-0.4, -0.2) is 66.0 Å². The van der Waals surface area contributed by atoms with Crippen LogP contribution in [0.1, 0.15) is 70.5 Å². The lowest BCUT2D eigenvalue weighted by molar-refractivity contribution is -0.140. The Balaban J connectivity index is 1.98. The number of carbonyl (C=O) groups is 2. The van der Waals surface area contributed by atoms with Crippen LogP contribution < -0.4 is 9.47 Å². The number of carbonyl (C=O) groups excluding carboxylic acids is 2. The molecule has 2 aromatic rings. The Morgan fingerprint density at radius 2 is 1.61 bits per heavy atom. The van der Waals surface area contributed by atoms with Crippen LogP contribution in [0.2, 0.25) is 0 Å². The number of aliphatic hydroxyl groups excluding tert-OH is 1. The minimum absolute atomic E-state index is 0.102. The molecule has 1 saturated heterocycles. The number of benzene rings is 2. The molecule has 38 heavy (non-hydrogen) atoms. The summed E-state index contributed by atoms with van der Waals surface area (Å²) < 4.78 is 11.5. The molecule has 0 spiro atoms. The average molecular weight is 523 g/mol. The first-order chi connectivity index (χ1) is 18.4. The van der Waals surface area contributed by atoms with Gasteiger partial charge < -0.3 is 24.4 Å². The van der Waals surface area contributed by atoms with Crippen LogP contribution in [-0.2, 0) is 9.59 Å². The van der Waals surface area contributed by atoms with E-state index < -0.39 is 17.7 Å². The third-order valence-electron chi connectivity index (χ3n) is 6.85. The lowest BCUT2D eigenvalue weighted by atomic mass is 9.95. The Morgan fingerprint density at radius 3 is 2.26 bits per heavy atom. The second kappa shape index (κ2) is 14.6. The number of aliphatic hydroxyl groups is 1. The van der Waals surface area contributed by atoms with E-state index in [1.54, 1.807) is 23.1 Å². The van der Waals surface area contributed by atoms with Crippen molar-refractivity contribution >= 4 is 17.4 Å². The number of Topliss-reactive ketones (excluding diaryl/α,β-unsaturated/α-hetero) is 1. The summed E-state index contributed by atoms with van der Waals surface area (Å²) in [5.74, 6) is -0.1000. The van der Waals surface area contributed by atoms with Crippen molar-refractivity contribution in [2.75, 3.05) is 39.4 Å². The average Bonchev–Trinajstić information content (AvgIpc) is 3.19. The lowest BCUT2D eigenvalue weighted by Crippen LogP contribution is -2.33. The summed E-state index contributed by atoms with van der Waals surface area (Å²) in [4.78, 5) is 30.5. The van der Waals surface area contributed by atoms with Gasteiger partial charge in [-0.05, 0) is 68.7 Å². The zero-order chi connectivity index (χ0) is 27.5. The molecule has 1 heterocycles. The van der Waals surface area contributed by atoms with E-state index in [2.05, 4.69) is 25.7 Å². The van der Waals surface area contributed by atoms with E-state index >= 15 is 0 Å². The first kappa shape index (κ1) is 29.2. The maximum Gasteiger partial charge on any atom is 0.295 e. The minimum atomic E-state index is -0.684. The van der Waals surface area contributed by atoms with Crippen LogP contribution in [0.4, 0.5) is 0 Å². The number of ether oxygens (including phenoxy) is 2. The van der Waals surface area contributed by atoms with Crippen molar-refractivity contribution in [3.8, 4) is 11.5 Å². The zero-order valence-electron chi connectivity index (χ0n) is 23.2. The van der Waals surface area contributed by atoms with E-state index in [1.165, 1.54) is 0 Å². The third-order valence-corrected chi connectivity index (χ3v) is 6.85. The summed E-state index contributed by atoms with van der Waals surface area (Å²) in [5.41, 5.74) is 1.31. The summed E-state index contributed by atoms with van der Waals surface area (Å²) in [6, 6.07) is 13.8. The summed E-state index contributed by atoms with van der Waals surface area (Å²) in [5, 5.41) is 11.4. The molecule has 0 radical (unpaired) electrons. The predicted octanol–water partition coefficient (Wildman–Crippen LogP) is 5.81. The molecule has 0 aromatic heterocycles. The SMILES string of the molecule is CCCCOc1ccc(C2C(=C(O)c3cccc(OCCC)c3)C(=O)C(=O)N2CCCN(CC)CC)cc1. The molecule has 0 aliphatic carbocycles. The molecule has 0 saturated carbocycles. The molecular weight excluding hydrogens is 480 g/mol. The maximum absolute atomic E-state index is 13.3. The van der Waals surface area contributed by atoms with Gasteiger partial charge in [0, 0.05) is 12.1 Å². The molecule has 206 valence electrons. The van der Waals surface area contributed by atoms with Gasteiger partial charge in [-0.2, -0.15) is 0 Å². The maximum atomic E-state index is 13.3. The number of amides is 1. The molecule has 0 bridgehead atoms. The number of hydrogen-bond donors (Lipinski definition) is 1. The van der Waals surface area contributed by atoms with E-state index in [0.717, 1.165) is 56.6 Å². The van der Waals surface area contributed by atoms with Crippen molar-refractivity contribution in [1.29, 1.82) is 0 Å². The Morgan fingerprint density at radius 1 is 0.895 bits per heavy atom. The fourth-order valence-corrected chi connectivity index (χ4v) is 4.65. The van der Waals surface area contributed by atoms with Crippen LogP contribution in [0, 0.1) is 0 Å². The standard InChI is InChI=1S/C31H42N2O5/c1-5-9-21-38-25-16-14-23(15-17-25)28-27(29(34)24-12-10-13-26(22-24)37-20-6-2)30(35)31(36)33(28)19-11-18-32(7-3)8-4/h10,12-17,22,28,34H,5-9,11,18-21H2,1-4H3. The topological polar surface area (TPSA) is 79.3 Å². The summed E-state index contributed by atoms with van der Waals surface area (Å²) in [7, 11) is 0. The molecule has 1 amide bonds. The fraction of sp³-hybridized carbons (Fsp3) is 0.484. The molecule has 1 aliphatic heterocycles. The summed E-state index contributed by atoms with van der Waals surface area (Å²) in [6.07, 6.45) is 3.59. The predicted molar refractivity (Wildman–Crippen MR) is 150 cm³/mol. The van der Waals surface area contributed by atoms with Gasteiger partial charge >= 0.3 is 0 Å². The van der Waals surface area contributed by atoms with Gasteiger partial charge in [0.1, 0.15) is 17.3 Å². The number of rotatable bonds is 15. The minimum Gasteiger partial charge on any atom is -0.507 e. The largest absolute Gasteiger partial charge is 0.507 e. The molecular formula is C31H42N2O5. The highest BCUT2D eigenvalue weighted by atomic mass is 16.5. The molecule has 1 atom stereocenters. The van der Waals surface area contributed by atoms with Gasteiger partial charge in [-0.15, -0.1) is 0 Å². The van der Waals surface area contributed by atoms with Gasteiger partial charge in [0.25, 0.3) is 11.7 Å². The van der Waals surface area contributed by atoms with Crippen molar-refractivity contribution < 1.29 is 24.2 Å². The quantitative estimate of drug-likeness (QED) is 0.138. The van der Waals surface area contributed by atoms with Gasteiger partial charge in [0.15, 0.2) is 0 Å². The van der Waals surface area contributed by atoms with Crippen LogP contribution >= 0.6 is 0 Å². The Bertz CT molecular complexity index is 1090.